The van der Waals surface area contributed by atoms with Crippen LogP contribution < -0.4 is 10.1 Å². The molecule has 0 heterocycles. The van der Waals surface area contributed by atoms with Gasteiger partial charge in [-0.15, -0.1) is 0 Å². The van der Waals surface area contributed by atoms with Crippen LogP contribution in [0.1, 0.15) is 30.5 Å². The molecule has 0 saturated heterocycles. The van der Waals surface area contributed by atoms with Crippen LogP contribution in [0.3, 0.4) is 0 Å². The summed E-state index contributed by atoms with van der Waals surface area (Å²) < 4.78 is 32.8. The molecule has 0 aliphatic rings. The largest absolute Gasteiger partial charge is 0.494 e. The summed E-state index contributed by atoms with van der Waals surface area (Å²) in [5, 5.41) is 3.02. The van der Waals surface area contributed by atoms with Crippen molar-refractivity contribution in [1.29, 1.82) is 0 Å². The lowest BCUT2D eigenvalue weighted by molar-refractivity contribution is 0.317. The van der Waals surface area contributed by atoms with Gasteiger partial charge in [0.1, 0.15) is 5.75 Å². The molecule has 2 aromatic carbocycles. The fraction of sp³-hybridized carbons (Fsp3) is 0.294. The zero-order chi connectivity index (χ0) is 15.2. The number of hydrogen-bond donors (Lipinski definition) is 1. The maximum absolute atomic E-state index is 13.9. The molecular formula is C17H19F2NO. The third-order valence-electron chi connectivity index (χ3n) is 3.27. The Kier molecular flexibility index (Phi) is 5.28. The maximum atomic E-state index is 13.9. The maximum Gasteiger partial charge on any atom is 0.163 e. The Labute approximate surface area is 123 Å². The molecule has 0 spiro atoms. The van der Waals surface area contributed by atoms with Gasteiger partial charge in [0.2, 0.25) is 0 Å². The Morgan fingerprint density at radius 2 is 1.81 bits per heavy atom. The van der Waals surface area contributed by atoms with E-state index in [1.165, 1.54) is 6.07 Å². The summed E-state index contributed by atoms with van der Waals surface area (Å²) in [5.74, 6) is -0.881. The van der Waals surface area contributed by atoms with Crippen LogP contribution in [0.15, 0.2) is 42.5 Å². The second kappa shape index (κ2) is 7.18. The fourth-order valence-corrected chi connectivity index (χ4v) is 2.22. The Hall–Kier alpha value is -1.94. The predicted octanol–water partition coefficient (Wildman–Crippen LogP) is 4.06. The highest BCUT2D eigenvalue weighted by Gasteiger charge is 2.18. The molecule has 112 valence electrons. The van der Waals surface area contributed by atoms with Crippen molar-refractivity contribution >= 4 is 0 Å². The van der Waals surface area contributed by atoms with Crippen LogP contribution in [0.4, 0.5) is 8.78 Å². The molecule has 0 radical (unpaired) electrons. The van der Waals surface area contributed by atoms with Gasteiger partial charge in [-0.2, -0.15) is 0 Å². The first kappa shape index (κ1) is 15.4. The van der Waals surface area contributed by atoms with Gasteiger partial charge in [-0.1, -0.05) is 31.2 Å². The lowest BCUT2D eigenvalue weighted by Gasteiger charge is -2.18. The summed E-state index contributed by atoms with van der Waals surface area (Å²) in [6.45, 7) is 2.70. The number of benzene rings is 2. The Balaban J connectivity index is 2.27. The molecule has 1 atom stereocenters. The molecule has 0 aromatic heterocycles. The summed E-state index contributed by atoms with van der Waals surface area (Å²) in [5.41, 5.74) is 1.14. The van der Waals surface area contributed by atoms with Gasteiger partial charge in [-0.25, -0.2) is 8.78 Å². The molecule has 0 amide bonds. The molecule has 1 unspecified atom stereocenters. The number of rotatable bonds is 6. The third-order valence-corrected chi connectivity index (χ3v) is 3.27. The molecule has 0 aliphatic carbocycles. The van der Waals surface area contributed by atoms with E-state index in [1.807, 2.05) is 31.2 Å². The van der Waals surface area contributed by atoms with E-state index in [9.17, 15) is 8.78 Å². The summed E-state index contributed by atoms with van der Waals surface area (Å²) >= 11 is 0. The van der Waals surface area contributed by atoms with Crippen LogP contribution in [0, 0.1) is 11.6 Å². The van der Waals surface area contributed by atoms with Crippen molar-refractivity contribution < 1.29 is 13.5 Å². The molecule has 0 aliphatic heterocycles. The summed E-state index contributed by atoms with van der Waals surface area (Å²) in [6, 6.07) is 11.2. The normalized spacial score (nSPS) is 12.2. The number of hydrogen-bond acceptors (Lipinski definition) is 2. The highest BCUT2D eigenvalue weighted by atomic mass is 19.2. The van der Waals surface area contributed by atoms with Crippen LogP contribution in [0.25, 0.3) is 0 Å². The van der Waals surface area contributed by atoms with Crippen molar-refractivity contribution in [2.75, 3.05) is 13.7 Å². The van der Waals surface area contributed by atoms with E-state index in [0.29, 0.717) is 12.2 Å². The van der Waals surface area contributed by atoms with Crippen LogP contribution in [0.2, 0.25) is 0 Å². The molecule has 0 fully saturated rings. The zero-order valence-corrected chi connectivity index (χ0v) is 12.2. The van der Waals surface area contributed by atoms with E-state index in [1.54, 1.807) is 13.1 Å². The SMILES string of the molecule is CCCOc1ccc(C(NC)c2cccc(F)c2F)cc1. The fourth-order valence-electron chi connectivity index (χ4n) is 2.22. The van der Waals surface area contributed by atoms with Gasteiger partial charge in [0.05, 0.1) is 12.6 Å². The second-order valence-corrected chi connectivity index (χ2v) is 4.78. The van der Waals surface area contributed by atoms with Gasteiger partial charge in [0.15, 0.2) is 11.6 Å². The number of nitrogens with one attached hydrogen (secondary N) is 1. The highest BCUT2D eigenvalue weighted by molar-refractivity contribution is 5.36. The monoisotopic (exact) mass is 291 g/mol. The average Bonchev–Trinajstić information content (AvgIpc) is 2.51. The number of halogens is 2. The van der Waals surface area contributed by atoms with Gasteiger partial charge in [0.25, 0.3) is 0 Å². The quantitative estimate of drug-likeness (QED) is 0.866. The van der Waals surface area contributed by atoms with Crippen molar-refractivity contribution in [1.82, 2.24) is 5.32 Å². The first-order chi connectivity index (χ1) is 10.2. The van der Waals surface area contributed by atoms with Gasteiger partial charge in [-0.05, 0) is 37.2 Å². The number of ether oxygens (including phenoxy) is 1. The van der Waals surface area contributed by atoms with E-state index in [-0.39, 0.29) is 0 Å². The molecule has 21 heavy (non-hydrogen) atoms. The molecule has 4 heteroatoms. The van der Waals surface area contributed by atoms with Crippen LogP contribution in [-0.2, 0) is 0 Å². The molecule has 0 saturated carbocycles. The standard InChI is InChI=1S/C17H19F2NO/c1-3-11-21-13-9-7-12(8-10-13)17(20-2)14-5-4-6-15(18)16(14)19/h4-10,17,20H,3,11H2,1-2H3. The van der Waals surface area contributed by atoms with E-state index in [0.717, 1.165) is 23.8 Å². The van der Waals surface area contributed by atoms with Crippen molar-refractivity contribution in [2.24, 2.45) is 0 Å². The Morgan fingerprint density at radius 1 is 1.10 bits per heavy atom. The molecule has 2 nitrogen and oxygen atoms in total. The average molecular weight is 291 g/mol. The van der Waals surface area contributed by atoms with Crippen molar-refractivity contribution in [3.8, 4) is 5.75 Å². The predicted molar refractivity (Wildman–Crippen MR) is 79.5 cm³/mol. The van der Waals surface area contributed by atoms with Crippen molar-refractivity contribution in [3.05, 3.63) is 65.2 Å². The van der Waals surface area contributed by atoms with Crippen molar-refractivity contribution in [2.45, 2.75) is 19.4 Å². The van der Waals surface area contributed by atoms with E-state index in [4.69, 9.17) is 4.74 Å². The zero-order valence-electron chi connectivity index (χ0n) is 12.2. The second-order valence-electron chi connectivity index (χ2n) is 4.78. The minimum atomic E-state index is -0.837. The van der Waals surface area contributed by atoms with Crippen molar-refractivity contribution in [3.63, 3.8) is 0 Å². The van der Waals surface area contributed by atoms with E-state index < -0.39 is 17.7 Å². The molecule has 2 rings (SSSR count). The first-order valence-corrected chi connectivity index (χ1v) is 7.01. The topological polar surface area (TPSA) is 21.3 Å². The highest BCUT2D eigenvalue weighted by Crippen LogP contribution is 2.26. The third kappa shape index (κ3) is 3.58. The molecule has 2 aromatic rings. The molecule has 0 bridgehead atoms. The van der Waals surface area contributed by atoms with Gasteiger partial charge >= 0.3 is 0 Å². The Bertz CT molecular complexity index is 584. The van der Waals surface area contributed by atoms with Gasteiger partial charge in [0, 0.05) is 5.56 Å². The summed E-state index contributed by atoms with van der Waals surface area (Å²) in [7, 11) is 1.72. The summed E-state index contributed by atoms with van der Waals surface area (Å²) in [4.78, 5) is 0. The minimum absolute atomic E-state index is 0.291. The smallest absolute Gasteiger partial charge is 0.163 e. The minimum Gasteiger partial charge on any atom is -0.494 e. The lowest BCUT2D eigenvalue weighted by atomic mass is 9.98. The van der Waals surface area contributed by atoms with Crippen LogP contribution in [-0.4, -0.2) is 13.7 Å². The van der Waals surface area contributed by atoms with Gasteiger partial charge < -0.3 is 10.1 Å². The lowest BCUT2D eigenvalue weighted by Crippen LogP contribution is -2.19. The van der Waals surface area contributed by atoms with Crippen LogP contribution in [0.5, 0.6) is 5.75 Å². The van der Waals surface area contributed by atoms with Crippen LogP contribution >= 0.6 is 0 Å². The molecule has 1 N–H and O–H groups in total. The summed E-state index contributed by atoms with van der Waals surface area (Å²) in [6.07, 6.45) is 0.940. The van der Waals surface area contributed by atoms with E-state index in [2.05, 4.69) is 5.32 Å². The first-order valence-electron chi connectivity index (χ1n) is 7.01. The Morgan fingerprint density at radius 3 is 2.43 bits per heavy atom. The molecular weight excluding hydrogens is 272 g/mol. The van der Waals surface area contributed by atoms with E-state index >= 15 is 0 Å². The van der Waals surface area contributed by atoms with Gasteiger partial charge in [-0.3, -0.25) is 0 Å².